The maximum absolute atomic E-state index is 10.7. The molecule has 70 valence electrons. The Kier molecular flexibility index (Phi) is 2.38. The number of hydrogen-bond acceptors (Lipinski definition) is 7. The third kappa shape index (κ3) is 2.09. The second-order valence-electron chi connectivity index (χ2n) is 2.28. The fraction of sp³-hybridized carbons (Fsp3) is 0.333. The lowest BCUT2D eigenvalue weighted by Gasteiger charge is -2.11. The first-order chi connectivity index (χ1) is 6.00. The predicted octanol–water partition coefficient (Wildman–Crippen LogP) is -2.14. The predicted molar refractivity (Wildman–Crippen MR) is 34.8 cm³/mol. The van der Waals surface area contributed by atoms with Gasteiger partial charge in [0.05, 0.1) is 6.42 Å². The van der Waals surface area contributed by atoms with Gasteiger partial charge in [0.1, 0.15) is 6.04 Å². The molecule has 2 N–H and O–H groups in total. The molecule has 0 spiro atoms. The van der Waals surface area contributed by atoms with Crippen molar-refractivity contribution in [2.45, 2.75) is 12.5 Å². The Morgan fingerprint density at radius 1 is 1.08 bits per heavy atom. The minimum Gasteiger partial charge on any atom is -0.384 e. The first kappa shape index (κ1) is 9.33. The van der Waals surface area contributed by atoms with Gasteiger partial charge in [0.15, 0.2) is 0 Å². The molecular weight excluding hydrogens is 182 g/mol. The van der Waals surface area contributed by atoms with Gasteiger partial charge in [-0.05, 0) is 0 Å². The molecule has 0 radical (unpaired) electrons. The summed E-state index contributed by atoms with van der Waals surface area (Å²) in [7, 11) is 0. The Labute approximate surface area is 71.8 Å². The van der Waals surface area contributed by atoms with Crippen LogP contribution in [0.1, 0.15) is 6.42 Å². The summed E-state index contributed by atoms with van der Waals surface area (Å²) in [5.41, 5.74) is 5.11. The quantitative estimate of drug-likeness (QED) is 0.261. The molecule has 0 aromatic carbocycles. The SMILES string of the molecule is N[C@H]1CC(=O)OC(=O)C(=O)OC1=O. The molecule has 1 heterocycles. The van der Waals surface area contributed by atoms with Crippen LogP contribution >= 0.6 is 0 Å². The fourth-order valence-corrected chi connectivity index (χ4v) is 0.658. The van der Waals surface area contributed by atoms with Crippen molar-refractivity contribution in [3.63, 3.8) is 0 Å². The van der Waals surface area contributed by atoms with Crippen molar-refractivity contribution >= 4 is 23.9 Å². The van der Waals surface area contributed by atoms with E-state index in [0.717, 1.165) is 0 Å². The van der Waals surface area contributed by atoms with E-state index in [2.05, 4.69) is 9.47 Å². The van der Waals surface area contributed by atoms with E-state index >= 15 is 0 Å². The van der Waals surface area contributed by atoms with Gasteiger partial charge in [0, 0.05) is 0 Å². The number of nitrogens with two attached hydrogens (primary N) is 1. The van der Waals surface area contributed by atoms with Gasteiger partial charge in [0.2, 0.25) is 0 Å². The zero-order valence-corrected chi connectivity index (χ0v) is 6.31. The van der Waals surface area contributed by atoms with E-state index in [1.807, 2.05) is 0 Å². The van der Waals surface area contributed by atoms with Crippen LogP contribution in [0.5, 0.6) is 0 Å². The van der Waals surface area contributed by atoms with E-state index in [1.165, 1.54) is 0 Å². The van der Waals surface area contributed by atoms with Crippen LogP contribution in [0.2, 0.25) is 0 Å². The van der Waals surface area contributed by atoms with Crippen molar-refractivity contribution in [1.82, 2.24) is 0 Å². The van der Waals surface area contributed by atoms with Crippen molar-refractivity contribution in [2.75, 3.05) is 0 Å². The van der Waals surface area contributed by atoms with Crippen LogP contribution in [0.25, 0.3) is 0 Å². The van der Waals surface area contributed by atoms with Crippen molar-refractivity contribution < 1.29 is 28.7 Å². The summed E-state index contributed by atoms with van der Waals surface area (Å²) in [6.07, 6.45) is -0.488. The molecular formula is C6H5NO6. The molecule has 7 nitrogen and oxygen atoms in total. The molecule has 0 aromatic rings. The summed E-state index contributed by atoms with van der Waals surface area (Å²) in [5.74, 6) is -5.18. The molecule has 1 aliphatic heterocycles. The molecule has 1 saturated heterocycles. The molecule has 1 rings (SSSR count). The van der Waals surface area contributed by atoms with Crippen LogP contribution < -0.4 is 5.73 Å². The molecule has 0 unspecified atom stereocenters. The summed E-state index contributed by atoms with van der Waals surface area (Å²) in [6.45, 7) is 0. The average Bonchev–Trinajstić information content (AvgIpc) is 2.02. The first-order valence-corrected chi connectivity index (χ1v) is 3.27. The normalized spacial score (nSPS) is 24.5. The van der Waals surface area contributed by atoms with E-state index < -0.39 is 36.3 Å². The lowest BCUT2D eigenvalue weighted by molar-refractivity contribution is -0.181. The van der Waals surface area contributed by atoms with E-state index in [0.29, 0.717) is 0 Å². The largest absolute Gasteiger partial charge is 0.425 e. The maximum Gasteiger partial charge on any atom is 0.425 e. The number of ether oxygens (including phenoxy) is 2. The number of rotatable bonds is 0. The highest BCUT2D eigenvalue weighted by Crippen LogP contribution is 2.01. The average molecular weight is 187 g/mol. The second kappa shape index (κ2) is 3.31. The highest BCUT2D eigenvalue weighted by atomic mass is 16.6. The summed E-state index contributed by atoms with van der Waals surface area (Å²) >= 11 is 0. The van der Waals surface area contributed by atoms with Gasteiger partial charge < -0.3 is 15.2 Å². The molecule has 1 atom stereocenters. The highest BCUT2D eigenvalue weighted by molar-refractivity contribution is 6.33. The topological polar surface area (TPSA) is 113 Å². The van der Waals surface area contributed by atoms with Crippen LogP contribution in [0.15, 0.2) is 0 Å². The minimum atomic E-state index is -1.53. The van der Waals surface area contributed by atoms with Gasteiger partial charge in [-0.1, -0.05) is 0 Å². The third-order valence-corrected chi connectivity index (χ3v) is 1.26. The van der Waals surface area contributed by atoms with Crippen LogP contribution in [-0.2, 0) is 28.7 Å². The lowest BCUT2D eigenvalue weighted by Crippen LogP contribution is -2.41. The summed E-state index contributed by atoms with van der Waals surface area (Å²) in [4.78, 5) is 42.5. The molecule has 1 aliphatic rings. The number of carbonyl (C=O) groups is 4. The lowest BCUT2D eigenvalue weighted by atomic mass is 10.2. The van der Waals surface area contributed by atoms with Crippen LogP contribution in [-0.4, -0.2) is 29.9 Å². The fourth-order valence-electron chi connectivity index (χ4n) is 0.658. The van der Waals surface area contributed by atoms with Crippen molar-refractivity contribution in [3.05, 3.63) is 0 Å². The molecule has 0 bridgehead atoms. The zero-order valence-electron chi connectivity index (χ0n) is 6.31. The number of esters is 4. The second-order valence-corrected chi connectivity index (χ2v) is 2.28. The molecule has 0 amide bonds. The van der Waals surface area contributed by atoms with Gasteiger partial charge >= 0.3 is 23.9 Å². The van der Waals surface area contributed by atoms with Gasteiger partial charge in [0.25, 0.3) is 0 Å². The van der Waals surface area contributed by atoms with Gasteiger partial charge in [-0.2, -0.15) is 0 Å². The Bertz CT molecular complexity index is 295. The molecule has 1 fully saturated rings. The Morgan fingerprint density at radius 3 is 2.23 bits per heavy atom. The monoisotopic (exact) mass is 187 g/mol. The van der Waals surface area contributed by atoms with Gasteiger partial charge in [-0.3, -0.25) is 4.79 Å². The van der Waals surface area contributed by atoms with Crippen LogP contribution in [0, 0.1) is 0 Å². The van der Waals surface area contributed by atoms with E-state index in [9.17, 15) is 19.2 Å². The number of hydrogen-bond donors (Lipinski definition) is 1. The van der Waals surface area contributed by atoms with Crippen LogP contribution in [0.3, 0.4) is 0 Å². The van der Waals surface area contributed by atoms with Crippen molar-refractivity contribution in [1.29, 1.82) is 0 Å². The number of carbonyl (C=O) groups excluding carboxylic acids is 4. The first-order valence-electron chi connectivity index (χ1n) is 3.27. The number of cyclic esters (lactones) is 4. The maximum atomic E-state index is 10.7. The summed E-state index contributed by atoms with van der Waals surface area (Å²) in [6, 6.07) is -1.27. The van der Waals surface area contributed by atoms with E-state index in [1.54, 1.807) is 0 Å². The van der Waals surface area contributed by atoms with Gasteiger partial charge in [-0.25, -0.2) is 14.4 Å². The minimum absolute atomic E-state index is 0.488. The highest BCUT2D eigenvalue weighted by Gasteiger charge is 2.32. The van der Waals surface area contributed by atoms with E-state index in [4.69, 9.17) is 5.73 Å². The van der Waals surface area contributed by atoms with E-state index in [-0.39, 0.29) is 0 Å². The summed E-state index contributed by atoms with van der Waals surface area (Å²) < 4.78 is 7.87. The Balaban J connectivity index is 2.82. The van der Waals surface area contributed by atoms with Crippen LogP contribution in [0.4, 0.5) is 0 Å². The Hall–Kier alpha value is -1.76. The van der Waals surface area contributed by atoms with Crippen molar-refractivity contribution in [3.8, 4) is 0 Å². The molecule has 13 heavy (non-hydrogen) atoms. The molecule has 0 aliphatic carbocycles. The standard InChI is InChI=1S/C6H5NO6/c7-2-1-3(8)12-5(10)6(11)13-4(2)9/h2H,1,7H2/t2-/m0/s1. The van der Waals surface area contributed by atoms with Gasteiger partial charge in [-0.15, -0.1) is 0 Å². The summed E-state index contributed by atoms with van der Waals surface area (Å²) in [5, 5.41) is 0. The smallest absolute Gasteiger partial charge is 0.384 e. The third-order valence-electron chi connectivity index (χ3n) is 1.26. The van der Waals surface area contributed by atoms with Crippen molar-refractivity contribution in [2.24, 2.45) is 5.73 Å². The zero-order chi connectivity index (χ0) is 10.0. The Morgan fingerprint density at radius 2 is 1.62 bits per heavy atom. The molecule has 0 saturated carbocycles. The molecule has 7 heteroatoms. The molecule has 0 aromatic heterocycles.